The van der Waals surface area contributed by atoms with Gasteiger partial charge in [0, 0.05) is 46.7 Å². The van der Waals surface area contributed by atoms with Gasteiger partial charge in [-0.25, -0.2) is 9.18 Å². The summed E-state index contributed by atoms with van der Waals surface area (Å²) < 4.78 is 23.8. The summed E-state index contributed by atoms with van der Waals surface area (Å²) in [7, 11) is 4.17. The molecule has 204 valence electrons. The van der Waals surface area contributed by atoms with Crippen molar-refractivity contribution in [3.63, 3.8) is 0 Å². The van der Waals surface area contributed by atoms with Crippen molar-refractivity contribution >= 4 is 22.6 Å². The molecule has 1 saturated carbocycles. The summed E-state index contributed by atoms with van der Waals surface area (Å²) in [5, 5.41) is 14.6. The number of hydrogen-bond acceptors (Lipinski definition) is 4. The SMILES string of the molecule is CCCOc1ccc2c(c1)NC(CCN(C)C)CCn1c-2c(C2CCCC[C@@H]2F)c2ccc(C(=O)O)cc21. The maximum absolute atomic E-state index is 15.6. The molecular weight excluding hydrogens is 481 g/mol. The lowest BCUT2D eigenvalue weighted by Crippen LogP contribution is -2.29. The molecule has 0 saturated heterocycles. The quantitative estimate of drug-likeness (QED) is 0.337. The van der Waals surface area contributed by atoms with Crippen molar-refractivity contribution in [3.8, 4) is 17.0 Å². The molecule has 38 heavy (non-hydrogen) atoms. The Morgan fingerprint density at radius 1 is 1.16 bits per heavy atom. The summed E-state index contributed by atoms with van der Waals surface area (Å²) in [6, 6.07) is 11.8. The first-order valence-electron chi connectivity index (χ1n) is 14.1. The van der Waals surface area contributed by atoms with Gasteiger partial charge in [0.15, 0.2) is 0 Å². The average molecular weight is 522 g/mol. The Morgan fingerprint density at radius 2 is 1.97 bits per heavy atom. The van der Waals surface area contributed by atoms with E-state index >= 15 is 4.39 Å². The lowest BCUT2D eigenvalue weighted by atomic mass is 9.80. The van der Waals surface area contributed by atoms with Gasteiger partial charge in [0.1, 0.15) is 11.9 Å². The van der Waals surface area contributed by atoms with Crippen LogP contribution in [0.3, 0.4) is 0 Å². The molecule has 0 bridgehead atoms. The van der Waals surface area contributed by atoms with Crippen molar-refractivity contribution in [2.45, 2.75) is 76.5 Å². The minimum Gasteiger partial charge on any atom is -0.494 e. The van der Waals surface area contributed by atoms with Gasteiger partial charge in [0.25, 0.3) is 0 Å². The zero-order chi connectivity index (χ0) is 26.8. The van der Waals surface area contributed by atoms with Gasteiger partial charge < -0.3 is 24.6 Å². The minimum atomic E-state index is -0.945. The topological polar surface area (TPSA) is 66.7 Å². The van der Waals surface area contributed by atoms with Crippen molar-refractivity contribution in [3.05, 3.63) is 47.5 Å². The van der Waals surface area contributed by atoms with Crippen LogP contribution in [0.5, 0.6) is 5.75 Å². The number of halogens is 1. The highest BCUT2D eigenvalue weighted by Crippen LogP contribution is 2.48. The number of benzene rings is 2. The number of ether oxygens (including phenoxy) is 1. The lowest BCUT2D eigenvalue weighted by molar-refractivity contribution is 0.0697. The number of carbonyl (C=O) groups is 1. The fourth-order valence-corrected chi connectivity index (χ4v) is 6.18. The van der Waals surface area contributed by atoms with E-state index in [1.807, 2.05) is 12.1 Å². The molecule has 6 nitrogen and oxygen atoms in total. The highest BCUT2D eigenvalue weighted by atomic mass is 19.1. The number of nitrogens with one attached hydrogen (secondary N) is 1. The van der Waals surface area contributed by atoms with E-state index in [-0.39, 0.29) is 17.5 Å². The molecule has 5 rings (SSSR count). The highest BCUT2D eigenvalue weighted by Gasteiger charge is 2.34. The first-order chi connectivity index (χ1) is 18.4. The van der Waals surface area contributed by atoms with E-state index in [1.165, 1.54) is 0 Å². The van der Waals surface area contributed by atoms with Crippen LogP contribution in [0.1, 0.15) is 73.7 Å². The molecule has 1 aromatic heterocycles. The molecule has 0 radical (unpaired) electrons. The van der Waals surface area contributed by atoms with E-state index in [2.05, 4.69) is 47.9 Å². The van der Waals surface area contributed by atoms with E-state index < -0.39 is 12.1 Å². The third-order valence-corrected chi connectivity index (χ3v) is 8.11. The number of alkyl halides is 1. The second-order valence-electron chi connectivity index (χ2n) is 11.1. The van der Waals surface area contributed by atoms with Crippen LogP contribution in [-0.2, 0) is 6.54 Å². The zero-order valence-electron chi connectivity index (χ0n) is 22.8. The average Bonchev–Trinajstić information content (AvgIpc) is 3.20. The molecule has 0 spiro atoms. The number of aryl methyl sites for hydroxylation is 1. The number of fused-ring (bicyclic) bond motifs is 5. The molecular formula is C31H40FN3O3. The maximum atomic E-state index is 15.6. The predicted molar refractivity (Wildman–Crippen MR) is 151 cm³/mol. The van der Waals surface area contributed by atoms with E-state index in [0.717, 1.165) is 90.8 Å². The summed E-state index contributed by atoms with van der Waals surface area (Å²) in [5.74, 6) is -0.325. The molecule has 7 heteroatoms. The standard InChI is InChI=1S/C31H40FN3O3/c1-4-17-38-22-10-12-24-27(19-22)33-21(13-15-34(2)3)14-16-35-28-18-20(31(36)37)9-11-25(28)29(30(24)35)23-7-5-6-8-26(23)32/h9-12,18-19,21,23,26,33H,4-8,13-17H2,1-3H3,(H,36,37)/t21?,23?,26-/m0/s1. The van der Waals surface area contributed by atoms with Crippen LogP contribution in [0, 0.1) is 0 Å². The highest BCUT2D eigenvalue weighted by molar-refractivity contribution is 5.99. The molecule has 0 amide bonds. The van der Waals surface area contributed by atoms with Crippen LogP contribution >= 0.6 is 0 Å². The molecule has 3 aromatic rings. The van der Waals surface area contributed by atoms with Gasteiger partial charge in [-0.2, -0.15) is 0 Å². The van der Waals surface area contributed by atoms with Crippen LogP contribution in [0.4, 0.5) is 10.1 Å². The Labute approximate surface area is 224 Å². The summed E-state index contributed by atoms with van der Waals surface area (Å²) in [4.78, 5) is 14.1. The fraction of sp³-hybridized carbons (Fsp3) is 0.516. The van der Waals surface area contributed by atoms with Gasteiger partial charge in [-0.3, -0.25) is 0 Å². The monoisotopic (exact) mass is 521 g/mol. The molecule has 1 fully saturated rings. The van der Waals surface area contributed by atoms with Gasteiger partial charge in [0.2, 0.25) is 0 Å². The summed E-state index contributed by atoms with van der Waals surface area (Å²) in [6.07, 6.45) is 5.18. The number of carboxylic acids is 1. The van der Waals surface area contributed by atoms with Gasteiger partial charge in [0.05, 0.1) is 17.9 Å². The van der Waals surface area contributed by atoms with E-state index in [9.17, 15) is 9.90 Å². The molecule has 3 atom stereocenters. The Balaban J connectivity index is 1.73. The van der Waals surface area contributed by atoms with Gasteiger partial charge in [-0.05, 0) is 82.6 Å². The first kappa shape index (κ1) is 26.5. The third kappa shape index (κ3) is 5.26. The van der Waals surface area contributed by atoms with Crippen molar-refractivity contribution in [1.82, 2.24) is 9.47 Å². The van der Waals surface area contributed by atoms with E-state index in [0.29, 0.717) is 13.0 Å². The molecule has 2 aliphatic rings. The normalized spacial score (nSPS) is 21.3. The maximum Gasteiger partial charge on any atom is 0.335 e. The van der Waals surface area contributed by atoms with Crippen molar-refractivity contribution in [2.24, 2.45) is 0 Å². The van der Waals surface area contributed by atoms with Crippen molar-refractivity contribution < 1.29 is 19.0 Å². The van der Waals surface area contributed by atoms with Crippen LogP contribution in [-0.4, -0.2) is 60.0 Å². The number of nitrogens with zero attached hydrogens (tertiary/aromatic N) is 2. The first-order valence-corrected chi connectivity index (χ1v) is 14.1. The summed E-state index contributed by atoms with van der Waals surface area (Å²) >= 11 is 0. The molecule has 1 aliphatic heterocycles. The second-order valence-corrected chi connectivity index (χ2v) is 11.1. The van der Waals surface area contributed by atoms with Crippen molar-refractivity contribution in [2.75, 3.05) is 32.6 Å². The molecule has 2 heterocycles. The van der Waals surface area contributed by atoms with Gasteiger partial charge in [-0.1, -0.05) is 25.8 Å². The van der Waals surface area contributed by atoms with Crippen molar-refractivity contribution in [1.29, 1.82) is 0 Å². The number of hydrogen-bond donors (Lipinski definition) is 2. The Bertz CT molecular complexity index is 1300. The number of carboxylic acid groups (broad SMARTS) is 1. The molecule has 2 N–H and O–H groups in total. The van der Waals surface area contributed by atoms with Crippen LogP contribution < -0.4 is 10.1 Å². The third-order valence-electron chi connectivity index (χ3n) is 8.11. The van der Waals surface area contributed by atoms with Crippen LogP contribution in [0.15, 0.2) is 36.4 Å². The summed E-state index contributed by atoms with van der Waals surface area (Å²) in [5.41, 5.74) is 5.23. The second kappa shape index (κ2) is 11.4. The van der Waals surface area contributed by atoms with E-state index in [4.69, 9.17) is 4.74 Å². The Kier molecular flexibility index (Phi) is 7.93. The number of aromatic carboxylic acids is 1. The predicted octanol–water partition coefficient (Wildman–Crippen LogP) is 6.93. The van der Waals surface area contributed by atoms with E-state index in [1.54, 1.807) is 12.1 Å². The van der Waals surface area contributed by atoms with Gasteiger partial charge >= 0.3 is 5.97 Å². The fourth-order valence-electron chi connectivity index (χ4n) is 6.18. The minimum absolute atomic E-state index is 0.203. The Morgan fingerprint density at radius 3 is 2.71 bits per heavy atom. The van der Waals surface area contributed by atoms with Gasteiger partial charge in [-0.15, -0.1) is 0 Å². The molecule has 2 unspecified atom stereocenters. The summed E-state index contributed by atoms with van der Waals surface area (Å²) in [6.45, 7) is 4.43. The number of anilines is 1. The smallest absolute Gasteiger partial charge is 0.335 e. The number of rotatable bonds is 8. The lowest BCUT2D eigenvalue weighted by Gasteiger charge is -2.30. The number of aromatic nitrogens is 1. The van der Waals surface area contributed by atoms with Crippen LogP contribution in [0.25, 0.3) is 22.2 Å². The van der Waals surface area contributed by atoms with Crippen LogP contribution in [0.2, 0.25) is 0 Å². The zero-order valence-corrected chi connectivity index (χ0v) is 22.8. The molecule has 1 aliphatic carbocycles. The largest absolute Gasteiger partial charge is 0.494 e. The Hall–Kier alpha value is -3.06. The molecule has 2 aromatic carbocycles.